The number of carbonyl (C=O) groups is 2. The summed E-state index contributed by atoms with van der Waals surface area (Å²) in [6.45, 7) is 1.76. The first-order valence-electron chi connectivity index (χ1n) is 6.29. The number of fused-ring (bicyclic) bond motifs is 3. The molecule has 0 aliphatic heterocycles. The maximum atomic E-state index is 14.0. The molecule has 0 atom stereocenters. The molecule has 0 aromatic heterocycles. The van der Waals surface area contributed by atoms with Crippen LogP contribution in [0.4, 0.5) is 4.39 Å². The summed E-state index contributed by atoms with van der Waals surface area (Å²) >= 11 is 0. The van der Waals surface area contributed by atoms with E-state index in [-0.39, 0.29) is 23.5 Å². The molecule has 3 nitrogen and oxygen atoms in total. The van der Waals surface area contributed by atoms with Gasteiger partial charge in [-0.3, -0.25) is 4.79 Å². The fourth-order valence-electron chi connectivity index (χ4n) is 2.49. The Morgan fingerprint density at radius 2 is 1.80 bits per heavy atom. The smallest absolute Gasteiger partial charge is 0.341 e. The molecule has 0 radical (unpaired) electrons. The van der Waals surface area contributed by atoms with Gasteiger partial charge in [-0.05, 0) is 24.1 Å². The molecule has 0 spiro atoms. The molecule has 4 heteroatoms. The fourth-order valence-corrected chi connectivity index (χ4v) is 2.49. The van der Waals surface area contributed by atoms with Gasteiger partial charge in [0, 0.05) is 11.1 Å². The van der Waals surface area contributed by atoms with Crippen LogP contribution in [0.15, 0.2) is 36.4 Å². The van der Waals surface area contributed by atoms with Crippen molar-refractivity contribution in [3.05, 3.63) is 58.9 Å². The highest BCUT2D eigenvalue weighted by Crippen LogP contribution is 2.39. The Morgan fingerprint density at radius 3 is 2.50 bits per heavy atom. The topological polar surface area (TPSA) is 43.4 Å². The van der Waals surface area contributed by atoms with E-state index in [1.54, 1.807) is 31.2 Å². The zero-order chi connectivity index (χ0) is 14.3. The minimum absolute atomic E-state index is 0.102. The van der Waals surface area contributed by atoms with Crippen molar-refractivity contribution in [2.24, 2.45) is 0 Å². The molecule has 2 aromatic carbocycles. The van der Waals surface area contributed by atoms with Crippen LogP contribution in [0.3, 0.4) is 0 Å². The lowest BCUT2D eigenvalue weighted by molar-refractivity contribution is 0.0518. The minimum Gasteiger partial charge on any atom is -0.462 e. The molecule has 20 heavy (non-hydrogen) atoms. The molecule has 0 unspecified atom stereocenters. The number of ether oxygens (including phenoxy) is 1. The first kappa shape index (κ1) is 12.5. The standard InChI is InChI=1S/C16H11FO3/c1-2-20-16(19)14-12(17)8-7-10-9-5-3-4-6-11(9)15(18)13(10)14/h3-8H,2H2,1H3. The lowest BCUT2D eigenvalue weighted by atomic mass is 10.0. The van der Waals surface area contributed by atoms with Gasteiger partial charge in [0.05, 0.1) is 6.61 Å². The number of hydrogen-bond donors (Lipinski definition) is 0. The van der Waals surface area contributed by atoms with E-state index in [1.807, 2.05) is 0 Å². The van der Waals surface area contributed by atoms with E-state index in [2.05, 4.69) is 0 Å². The van der Waals surface area contributed by atoms with Crippen molar-refractivity contribution in [3.8, 4) is 11.1 Å². The predicted octanol–water partition coefficient (Wildman–Crippen LogP) is 3.21. The molecular formula is C16H11FO3. The van der Waals surface area contributed by atoms with E-state index in [4.69, 9.17) is 4.74 Å². The average Bonchev–Trinajstić information content (AvgIpc) is 2.73. The van der Waals surface area contributed by atoms with Gasteiger partial charge in [0.2, 0.25) is 0 Å². The summed E-state index contributed by atoms with van der Waals surface area (Å²) in [5.74, 6) is -1.87. The normalized spacial score (nSPS) is 12.0. The van der Waals surface area contributed by atoms with Crippen molar-refractivity contribution < 1.29 is 18.7 Å². The second-order valence-electron chi connectivity index (χ2n) is 4.44. The monoisotopic (exact) mass is 270 g/mol. The third kappa shape index (κ3) is 1.65. The number of benzene rings is 2. The molecule has 0 fully saturated rings. The van der Waals surface area contributed by atoms with E-state index in [1.165, 1.54) is 12.1 Å². The zero-order valence-electron chi connectivity index (χ0n) is 10.8. The molecule has 3 rings (SSSR count). The van der Waals surface area contributed by atoms with Crippen molar-refractivity contribution in [2.45, 2.75) is 6.92 Å². The summed E-state index contributed by atoms with van der Waals surface area (Å²) in [6, 6.07) is 9.71. The van der Waals surface area contributed by atoms with E-state index in [0.29, 0.717) is 11.1 Å². The third-order valence-corrected chi connectivity index (χ3v) is 3.32. The Kier molecular flexibility index (Phi) is 2.86. The predicted molar refractivity (Wildman–Crippen MR) is 71.2 cm³/mol. The summed E-state index contributed by atoms with van der Waals surface area (Å²) in [7, 11) is 0. The molecule has 1 aliphatic carbocycles. The lowest BCUT2D eigenvalue weighted by Crippen LogP contribution is -2.13. The van der Waals surface area contributed by atoms with Crippen LogP contribution >= 0.6 is 0 Å². The van der Waals surface area contributed by atoms with Crippen LogP contribution in [-0.2, 0) is 4.74 Å². The van der Waals surface area contributed by atoms with Gasteiger partial charge in [0.1, 0.15) is 11.4 Å². The molecule has 0 saturated heterocycles. The fraction of sp³-hybridized carbons (Fsp3) is 0.125. The van der Waals surface area contributed by atoms with Crippen molar-refractivity contribution in [2.75, 3.05) is 6.61 Å². The van der Waals surface area contributed by atoms with Gasteiger partial charge >= 0.3 is 5.97 Å². The molecule has 100 valence electrons. The maximum Gasteiger partial charge on any atom is 0.341 e. The van der Waals surface area contributed by atoms with Crippen molar-refractivity contribution >= 4 is 11.8 Å². The number of rotatable bonds is 2. The molecule has 1 aliphatic rings. The van der Waals surface area contributed by atoms with Gasteiger partial charge in [-0.15, -0.1) is 0 Å². The number of carbonyl (C=O) groups excluding carboxylic acids is 2. The van der Waals surface area contributed by atoms with E-state index in [9.17, 15) is 14.0 Å². The van der Waals surface area contributed by atoms with Crippen LogP contribution in [0.5, 0.6) is 0 Å². The minimum atomic E-state index is -0.803. The summed E-state index contributed by atoms with van der Waals surface area (Å²) < 4.78 is 18.8. The van der Waals surface area contributed by atoms with Crippen LogP contribution < -0.4 is 0 Å². The Balaban J connectivity index is 2.27. The van der Waals surface area contributed by atoms with Gasteiger partial charge in [0.25, 0.3) is 0 Å². The molecule has 0 N–H and O–H groups in total. The van der Waals surface area contributed by atoms with Gasteiger partial charge in [0.15, 0.2) is 5.78 Å². The number of halogens is 1. The van der Waals surface area contributed by atoms with Crippen LogP contribution in [-0.4, -0.2) is 18.4 Å². The van der Waals surface area contributed by atoms with E-state index < -0.39 is 11.8 Å². The van der Waals surface area contributed by atoms with Gasteiger partial charge < -0.3 is 4.74 Å². The van der Waals surface area contributed by atoms with E-state index in [0.717, 1.165) is 5.56 Å². The van der Waals surface area contributed by atoms with Crippen LogP contribution in [0, 0.1) is 5.82 Å². The zero-order valence-corrected chi connectivity index (χ0v) is 10.8. The lowest BCUT2D eigenvalue weighted by Gasteiger charge is -2.08. The second kappa shape index (κ2) is 4.56. The van der Waals surface area contributed by atoms with Crippen molar-refractivity contribution in [1.29, 1.82) is 0 Å². The van der Waals surface area contributed by atoms with Gasteiger partial charge in [-0.25, -0.2) is 9.18 Å². The highest BCUT2D eigenvalue weighted by atomic mass is 19.1. The summed E-state index contributed by atoms with van der Waals surface area (Å²) in [6.07, 6.45) is 0. The van der Waals surface area contributed by atoms with E-state index >= 15 is 0 Å². The SMILES string of the molecule is CCOC(=O)c1c(F)ccc2c1C(=O)c1ccccc1-2. The Bertz CT molecular complexity index is 734. The number of hydrogen-bond acceptors (Lipinski definition) is 3. The van der Waals surface area contributed by atoms with Crippen molar-refractivity contribution in [3.63, 3.8) is 0 Å². The Labute approximate surface area is 115 Å². The van der Waals surface area contributed by atoms with Crippen molar-refractivity contribution in [1.82, 2.24) is 0 Å². The van der Waals surface area contributed by atoms with Crippen LogP contribution in [0.1, 0.15) is 33.2 Å². The summed E-state index contributed by atoms with van der Waals surface area (Å²) in [4.78, 5) is 24.3. The average molecular weight is 270 g/mol. The van der Waals surface area contributed by atoms with Crippen LogP contribution in [0.2, 0.25) is 0 Å². The van der Waals surface area contributed by atoms with Crippen LogP contribution in [0.25, 0.3) is 11.1 Å². The molecule has 0 bridgehead atoms. The van der Waals surface area contributed by atoms with Gasteiger partial charge in [-0.1, -0.05) is 30.3 Å². The molecule has 2 aromatic rings. The molecule has 0 amide bonds. The highest BCUT2D eigenvalue weighted by Gasteiger charge is 2.33. The third-order valence-electron chi connectivity index (χ3n) is 3.32. The number of esters is 1. The summed E-state index contributed by atoms with van der Waals surface area (Å²) in [5.41, 5.74) is 1.61. The highest BCUT2D eigenvalue weighted by molar-refractivity contribution is 6.25. The molecule has 0 heterocycles. The largest absolute Gasteiger partial charge is 0.462 e. The quantitative estimate of drug-likeness (QED) is 0.671. The summed E-state index contributed by atoms with van der Waals surface area (Å²) in [5, 5.41) is 0. The first-order valence-corrected chi connectivity index (χ1v) is 6.29. The Hall–Kier alpha value is -2.49. The molecule has 0 saturated carbocycles. The second-order valence-corrected chi connectivity index (χ2v) is 4.44. The maximum absolute atomic E-state index is 14.0. The Morgan fingerprint density at radius 1 is 1.10 bits per heavy atom. The number of ketones is 1. The van der Waals surface area contributed by atoms with Gasteiger partial charge in [-0.2, -0.15) is 0 Å². The molecular weight excluding hydrogens is 259 g/mol. The first-order chi connectivity index (χ1) is 9.65.